The average Bonchev–Trinajstić information content (AvgIpc) is 3.96. The van der Waals surface area contributed by atoms with Crippen LogP contribution in [0.2, 0.25) is 0 Å². The minimum Gasteiger partial charge on any atom is -0.350 e. The monoisotopic (exact) mass is 768 g/mol. The molecule has 4 atom stereocenters. The van der Waals surface area contributed by atoms with E-state index in [1.807, 2.05) is 22.7 Å². The van der Waals surface area contributed by atoms with Crippen molar-refractivity contribution in [3.05, 3.63) is 204 Å². The summed E-state index contributed by atoms with van der Waals surface area (Å²) in [6.45, 7) is 0. The fraction of sp³-hybridized carbons (Fsp3) is 0.0784. The number of nitrogens with zero attached hydrogens (tertiary/aromatic N) is 2. The molecule has 7 aromatic carbocycles. The molecule has 0 amide bonds. The van der Waals surface area contributed by atoms with Crippen molar-refractivity contribution in [2.45, 2.75) is 24.3 Å². The first-order valence-corrected chi connectivity index (χ1v) is 21.2. The van der Waals surface area contributed by atoms with Gasteiger partial charge in [0.1, 0.15) is 18.2 Å². The summed E-state index contributed by atoms with van der Waals surface area (Å²) in [7, 11) is 0. The van der Waals surface area contributed by atoms with Gasteiger partial charge in [-0.15, -0.1) is 22.7 Å². The van der Waals surface area contributed by atoms with Crippen LogP contribution in [-0.4, -0.2) is 11.9 Å². The third-order valence-corrected chi connectivity index (χ3v) is 14.2. The van der Waals surface area contributed by atoms with Gasteiger partial charge in [0.15, 0.2) is 0 Å². The molecular formula is C51H36N4S2. The number of fused-ring (bicyclic) bond motifs is 9. The van der Waals surface area contributed by atoms with Crippen molar-refractivity contribution in [2.75, 3.05) is 4.90 Å². The molecule has 272 valence electrons. The van der Waals surface area contributed by atoms with Gasteiger partial charge in [-0.25, -0.2) is 4.99 Å². The zero-order valence-electron chi connectivity index (χ0n) is 30.8. The molecule has 9 aromatic rings. The lowest BCUT2D eigenvalue weighted by atomic mass is 9.91. The number of aliphatic imine (C=N–C) groups is 1. The number of hydrogen-bond donors (Lipinski definition) is 2. The Hall–Kier alpha value is -6.31. The number of amidine groups is 1. The molecule has 0 fully saturated rings. The standard InChI is InChI=1S/C51H36N4S2/c1-3-13-31(14-4-1)49-52-50(32-15-5-2-6-16-32)54-51(53-49)40-20-11-19-38-37-27-25-33(29-45(37)57-48(38)40)34-26-28-39-46(30-34)56-44-24-12-23-43(47(39)44)55-41-21-9-7-17-35(41)36-18-8-10-22-42(36)55/h1-30,35,41,49,51,53H,(H,52,54). The maximum absolute atomic E-state index is 5.14. The van der Waals surface area contributed by atoms with Gasteiger partial charge in [-0.05, 0) is 52.6 Å². The van der Waals surface area contributed by atoms with Crippen LogP contribution in [0, 0.1) is 0 Å². The lowest BCUT2D eigenvalue weighted by Crippen LogP contribution is -2.45. The van der Waals surface area contributed by atoms with Gasteiger partial charge in [-0.3, -0.25) is 5.32 Å². The van der Waals surface area contributed by atoms with Gasteiger partial charge in [0.2, 0.25) is 0 Å². The lowest BCUT2D eigenvalue weighted by Gasteiger charge is -2.32. The molecule has 0 saturated heterocycles. The Morgan fingerprint density at radius 1 is 0.526 bits per heavy atom. The van der Waals surface area contributed by atoms with Crippen LogP contribution in [0.1, 0.15) is 40.5 Å². The number of anilines is 2. The Labute approximate surface area is 338 Å². The Kier molecular flexibility index (Phi) is 7.58. The van der Waals surface area contributed by atoms with E-state index in [0.29, 0.717) is 5.92 Å². The fourth-order valence-corrected chi connectivity index (χ4v) is 11.7. The number of hydrogen-bond acceptors (Lipinski definition) is 6. The Balaban J connectivity index is 0.922. The van der Waals surface area contributed by atoms with Gasteiger partial charge in [0.05, 0.1) is 11.7 Å². The number of nitrogens with one attached hydrogen (secondary N) is 2. The van der Waals surface area contributed by atoms with Gasteiger partial charge in [0, 0.05) is 63.1 Å². The van der Waals surface area contributed by atoms with Crippen molar-refractivity contribution in [1.82, 2.24) is 10.6 Å². The highest BCUT2D eigenvalue weighted by molar-refractivity contribution is 7.26. The average molecular weight is 769 g/mol. The Morgan fingerprint density at radius 2 is 1.23 bits per heavy atom. The molecule has 4 nitrogen and oxygen atoms in total. The minimum atomic E-state index is -0.173. The van der Waals surface area contributed by atoms with Crippen molar-refractivity contribution in [3.63, 3.8) is 0 Å². The van der Waals surface area contributed by atoms with E-state index in [-0.39, 0.29) is 18.4 Å². The van der Waals surface area contributed by atoms with E-state index in [1.54, 1.807) is 0 Å². The second-order valence-electron chi connectivity index (χ2n) is 15.1. The number of para-hydroxylation sites is 1. The molecule has 0 radical (unpaired) electrons. The number of thiophene rings is 2. The number of allylic oxidation sites excluding steroid dienone is 2. The van der Waals surface area contributed by atoms with E-state index in [1.165, 1.54) is 74.0 Å². The molecule has 1 aliphatic carbocycles. The molecule has 2 aromatic heterocycles. The second-order valence-corrected chi connectivity index (χ2v) is 17.3. The van der Waals surface area contributed by atoms with Gasteiger partial charge < -0.3 is 10.2 Å². The topological polar surface area (TPSA) is 39.7 Å². The molecule has 57 heavy (non-hydrogen) atoms. The Bertz CT molecular complexity index is 3120. The van der Waals surface area contributed by atoms with E-state index in [9.17, 15) is 0 Å². The summed E-state index contributed by atoms with van der Waals surface area (Å²) in [6, 6.07) is 57.8. The first-order valence-electron chi connectivity index (χ1n) is 19.6. The van der Waals surface area contributed by atoms with Gasteiger partial charge in [0.25, 0.3) is 0 Å². The zero-order chi connectivity index (χ0) is 37.5. The third-order valence-electron chi connectivity index (χ3n) is 11.9. The van der Waals surface area contributed by atoms with Gasteiger partial charge in [-0.2, -0.15) is 0 Å². The molecule has 0 bridgehead atoms. The summed E-state index contributed by atoms with van der Waals surface area (Å²) >= 11 is 3.78. The highest BCUT2D eigenvalue weighted by atomic mass is 32.1. The predicted molar refractivity (Wildman–Crippen MR) is 242 cm³/mol. The molecule has 12 rings (SSSR count). The minimum absolute atomic E-state index is 0.120. The molecule has 3 aliphatic rings. The van der Waals surface area contributed by atoms with Gasteiger partial charge in [-0.1, -0.05) is 152 Å². The van der Waals surface area contributed by atoms with E-state index >= 15 is 0 Å². The first kappa shape index (κ1) is 32.9. The lowest BCUT2D eigenvalue weighted by molar-refractivity contribution is 0.411. The van der Waals surface area contributed by atoms with Crippen molar-refractivity contribution >= 4 is 80.2 Å². The Morgan fingerprint density at radius 3 is 2.09 bits per heavy atom. The second kappa shape index (κ2) is 13.1. The molecule has 2 N–H and O–H groups in total. The normalized spacial score (nSPS) is 19.9. The zero-order valence-corrected chi connectivity index (χ0v) is 32.5. The van der Waals surface area contributed by atoms with Crippen LogP contribution in [0.25, 0.3) is 51.5 Å². The summed E-state index contributed by atoms with van der Waals surface area (Å²) in [6.07, 6.45) is 8.83. The molecule has 4 unspecified atom stereocenters. The van der Waals surface area contributed by atoms with Gasteiger partial charge >= 0.3 is 0 Å². The van der Waals surface area contributed by atoms with E-state index < -0.39 is 0 Å². The number of rotatable bonds is 5. The van der Waals surface area contributed by atoms with Crippen LogP contribution in [0.5, 0.6) is 0 Å². The van der Waals surface area contributed by atoms with E-state index in [4.69, 9.17) is 4.99 Å². The van der Waals surface area contributed by atoms with Crippen molar-refractivity contribution in [1.29, 1.82) is 0 Å². The van der Waals surface area contributed by atoms with Crippen molar-refractivity contribution < 1.29 is 0 Å². The maximum Gasteiger partial charge on any atom is 0.131 e. The van der Waals surface area contributed by atoms with Crippen LogP contribution >= 0.6 is 22.7 Å². The van der Waals surface area contributed by atoms with Crippen LogP contribution in [0.15, 0.2) is 187 Å². The molecule has 2 aliphatic heterocycles. The molecule has 4 heterocycles. The quantitative estimate of drug-likeness (QED) is 0.183. The van der Waals surface area contributed by atoms with E-state index in [2.05, 4.69) is 198 Å². The fourth-order valence-electron chi connectivity index (χ4n) is 9.25. The summed E-state index contributed by atoms with van der Waals surface area (Å²) in [4.78, 5) is 7.71. The highest BCUT2D eigenvalue weighted by Crippen LogP contribution is 2.51. The largest absolute Gasteiger partial charge is 0.350 e. The summed E-state index contributed by atoms with van der Waals surface area (Å²) in [5, 5.41) is 12.8. The molecule has 0 saturated carbocycles. The first-order chi connectivity index (χ1) is 28.2. The molecular weight excluding hydrogens is 733 g/mol. The SMILES string of the molecule is C1=CC2c3ccccc3N(c3cccc4sc5cc(-c6ccc7c(c6)sc6c(C8NC(c9ccccc9)=NC(c9ccccc9)N8)cccc67)ccc5c34)C2C=C1. The predicted octanol–water partition coefficient (Wildman–Crippen LogP) is 13.2. The molecule has 6 heteroatoms. The smallest absolute Gasteiger partial charge is 0.131 e. The van der Waals surface area contributed by atoms with Crippen LogP contribution < -0.4 is 15.5 Å². The summed E-state index contributed by atoms with van der Waals surface area (Å²) in [5.74, 6) is 1.26. The van der Waals surface area contributed by atoms with Crippen molar-refractivity contribution in [2.24, 2.45) is 4.99 Å². The maximum atomic E-state index is 5.14. The van der Waals surface area contributed by atoms with Crippen LogP contribution in [0.4, 0.5) is 11.4 Å². The highest BCUT2D eigenvalue weighted by Gasteiger charge is 2.38. The third kappa shape index (κ3) is 5.32. The van der Waals surface area contributed by atoms with E-state index in [0.717, 1.165) is 17.0 Å². The summed E-state index contributed by atoms with van der Waals surface area (Å²) in [5.41, 5.74) is 9.93. The van der Waals surface area contributed by atoms with Crippen LogP contribution in [0.3, 0.4) is 0 Å². The summed E-state index contributed by atoms with van der Waals surface area (Å²) < 4.78 is 5.22. The molecule has 0 spiro atoms. The van der Waals surface area contributed by atoms with Crippen molar-refractivity contribution in [3.8, 4) is 11.1 Å². The number of benzene rings is 7. The van der Waals surface area contributed by atoms with Crippen LogP contribution in [-0.2, 0) is 0 Å².